The lowest BCUT2D eigenvalue weighted by Crippen LogP contribution is -2.31. The van der Waals surface area contributed by atoms with Gasteiger partial charge in [0.05, 0.1) is 26.4 Å². The van der Waals surface area contributed by atoms with Crippen molar-refractivity contribution in [3.63, 3.8) is 0 Å². The van der Waals surface area contributed by atoms with Crippen molar-refractivity contribution in [3.8, 4) is 0 Å². The van der Waals surface area contributed by atoms with E-state index in [0.29, 0.717) is 46.1 Å². The standard InChI is InChI=1S/C12H24N2O5/c1-3-17-10-12(16)14-5-7-19-9-8-18-6-4-13-11(2)15/h3-10H2,1-2H3,(H,13,15)(H,14,16). The molecule has 0 aromatic heterocycles. The first-order chi connectivity index (χ1) is 9.16. The number of hydrogen-bond donors (Lipinski definition) is 2. The van der Waals surface area contributed by atoms with Crippen LogP contribution >= 0.6 is 0 Å². The van der Waals surface area contributed by atoms with Crippen LogP contribution in [0, 0.1) is 0 Å². The van der Waals surface area contributed by atoms with Gasteiger partial charge in [-0.2, -0.15) is 0 Å². The second kappa shape index (κ2) is 13.3. The lowest BCUT2D eigenvalue weighted by molar-refractivity contribution is -0.125. The third kappa shape index (κ3) is 14.8. The molecule has 2 amide bonds. The quantitative estimate of drug-likeness (QED) is 0.461. The van der Waals surface area contributed by atoms with Crippen molar-refractivity contribution in [2.45, 2.75) is 13.8 Å². The second-order valence-corrected chi connectivity index (χ2v) is 3.69. The first-order valence-corrected chi connectivity index (χ1v) is 6.41. The number of carbonyl (C=O) groups is 2. The first kappa shape index (κ1) is 17.8. The molecule has 7 nitrogen and oxygen atoms in total. The molecule has 19 heavy (non-hydrogen) atoms. The van der Waals surface area contributed by atoms with Gasteiger partial charge >= 0.3 is 0 Å². The summed E-state index contributed by atoms with van der Waals surface area (Å²) < 4.78 is 15.4. The minimum atomic E-state index is -0.142. The van der Waals surface area contributed by atoms with Crippen LogP contribution in [0.15, 0.2) is 0 Å². The van der Waals surface area contributed by atoms with Crippen LogP contribution < -0.4 is 10.6 Å². The van der Waals surface area contributed by atoms with Crippen molar-refractivity contribution < 1.29 is 23.8 Å². The predicted octanol–water partition coefficient (Wildman–Crippen LogP) is -0.692. The molecule has 7 heteroatoms. The van der Waals surface area contributed by atoms with Crippen LogP contribution in [0.3, 0.4) is 0 Å². The molecule has 0 atom stereocenters. The van der Waals surface area contributed by atoms with E-state index in [9.17, 15) is 9.59 Å². The van der Waals surface area contributed by atoms with Gasteiger partial charge in [-0.1, -0.05) is 0 Å². The summed E-state index contributed by atoms with van der Waals surface area (Å²) in [6.07, 6.45) is 0. The van der Waals surface area contributed by atoms with Gasteiger partial charge in [-0.05, 0) is 6.92 Å². The molecule has 0 radical (unpaired) electrons. The Bertz CT molecular complexity index is 248. The maximum absolute atomic E-state index is 11.1. The van der Waals surface area contributed by atoms with Gasteiger partial charge in [0.1, 0.15) is 6.61 Å². The predicted molar refractivity (Wildman–Crippen MR) is 69.8 cm³/mol. The van der Waals surface area contributed by atoms with Gasteiger partial charge in [0, 0.05) is 26.6 Å². The van der Waals surface area contributed by atoms with Crippen molar-refractivity contribution in [3.05, 3.63) is 0 Å². The van der Waals surface area contributed by atoms with E-state index in [1.807, 2.05) is 6.92 Å². The minimum absolute atomic E-state index is 0.0670. The van der Waals surface area contributed by atoms with Gasteiger partial charge < -0.3 is 24.8 Å². The highest BCUT2D eigenvalue weighted by Gasteiger charge is 1.99. The van der Waals surface area contributed by atoms with E-state index >= 15 is 0 Å². The fraction of sp³-hybridized carbons (Fsp3) is 0.833. The molecule has 0 fully saturated rings. The van der Waals surface area contributed by atoms with Crippen LogP contribution in [0.1, 0.15) is 13.8 Å². The maximum Gasteiger partial charge on any atom is 0.246 e. The van der Waals surface area contributed by atoms with E-state index in [0.717, 1.165) is 0 Å². The molecule has 0 aromatic rings. The molecule has 0 spiro atoms. The lowest BCUT2D eigenvalue weighted by atomic mass is 10.6. The average Bonchev–Trinajstić information content (AvgIpc) is 2.38. The van der Waals surface area contributed by atoms with Crippen LogP contribution in [0.2, 0.25) is 0 Å². The monoisotopic (exact) mass is 276 g/mol. The molecule has 0 unspecified atom stereocenters. The molecule has 2 N–H and O–H groups in total. The Morgan fingerprint density at radius 1 is 0.895 bits per heavy atom. The summed E-state index contributed by atoms with van der Waals surface area (Å²) in [5, 5.41) is 5.29. The topological polar surface area (TPSA) is 85.9 Å². The van der Waals surface area contributed by atoms with E-state index in [1.165, 1.54) is 6.92 Å². The van der Waals surface area contributed by atoms with E-state index in [-0.39, 0.29) is 18.4 Å². The maximum atomic E-state index is 11.1. The Morgan fingerprint density at radius 2 is 1.47 bits per heavy atom. The highest BCUT2D eigenvalue weighted by molar-refractivity contribution is 5.77. The van der Waals surface area contributed by atoms with Crippen LogP contribution in [0.5, 0.6) is 0 Å². The largest absolute Gasteiger partial charge is 0.377 e. The smallest absolute Gasteiger partial charge is 0.246 e. The van der Waals surface area contributed by atoms with E-state index in [2.05, 4.69) is 10.6 Å². The Morgan fingerprint density at radius 3 is 2.00 bits per heavy atom. The summed E-state index contributed by atoms with van der Waals surface area (Å²) in [7, 11) is 0. The van der Waals surface area contributed by atoms with Gasteiger partial charge in [-0.25, -0.2) is 0 Å². The summed E-state index contributed by atoms with van der Waals surface area (Å²) in [4.78, 5) is 21.7. The number of rotatable bonds is 12. The average molecular weight is 276 g/mol. The molecule has 0 bridgehead atoms. The van der Waals surface area contributed by atoms with Crippen LogP contribution in [-0.2, 0) is 23.8 Å². The summed E-state index contributed by atoms with van der Waals surface area (Å²) in [6.45, 7) is 6.70. The molecular weight excluding hydrogens is 252 g/mol. The second-order valence-electron chi connectivity index (χ2n) is 3.69. The van der Waals surface area contributed by atoms with Crippen LogP contribution in [0.25, 0.3) is 0 Å². The van der Waals surface area contributed by atoms with E-state index in [4.69, 9.17) is 14.2 Å². The Labute approximate surface area is 114 Å². The summed E-state index contributed by atoms with van der Waals surface area (Å²) in [6, 6.07) is 0. The number of amides is 2. The van der Waals surface area contributed by atoms with Crippen molar-refractivity contribution in [1.29, 1.82) is 0 Å². The molecule has 0 saturated carbocycles. The zero-order valence-corrected chi connectivity index (χ0v) is 11.7. The first-order valence-electron chi connectivity index (χ1n) is 6.41. The van der Waals surface area contributed by atoms with E-state index in [1.54, 1.807) is 0 Å². The lowest BCUT2D eigenvalue weighted by Gasteiger charge is -2.07. The SMILES string of the molecule is CCOCC(=O)NCCOCCOCCNC(C)=O. The highest BCUT2D eigenvalue weighted by atomic mass is 16.5. The van der Waals surface area contributed by atoms with Crippen molar-refractivity contribution in [1.82, 2.24) is 10.6 Å². The normalized spacial score (nSPS) is 10.2. The van der Waals surface area contributed by atoms with Gasteiger partial charge in [0.15, 0.2) is 0 Å². The molecule has 112 valence electrons. The summed E-state index contributed by atoms with van der Waals surface area (Å²) in [5.41, 5.74) is 0. The summed E-state index contributed by atoms with van der Waals surface area (Å²) >= 11 is 0. The third-order valence-corrected chi connectivity index (χ3v) is 2.00. The number of hydrogen-bond acceptors (Lipinski definition) is 5. The summed E-state index contributed by atoms with van der Waals surface area (Å²) in [5.74, 6) is -0.209. The van der Waals surface area contributed by atoms with Gasteiger partial charge in [-0.3, -0.25) is 9.59 Å². The highest BCUT2D eigenvalue weighted by Crippen LogP contribution is 1.79. The number of carbonyl (C=O) groups excluding carboxylic acids is 2. The molecule has 0 saturated heterocycles. The van der Waals surface area contributed by atoms with E-state index < -0.39 is 0 Å². The fourth-order valence-electron chi connectivity index (χ4n) is 1.13. The molecule has 0 aliphatic carbocycles. The Kier molecular flexibility index (Phi) is 12.4. The zero-order chi connectivity index (χ0) is 14.3. The van der Waals surface area contributed by atoms with Crippen LogP contribution in [-0.4, -0.2) is 64.5 Å². The van der Waals surface area contributed by atoms with Gasteiger partial charge in [-0.15, -0.1) is 0 Å². The third-order valence-electron chi connectivity index (χ3n) is 2.00. The van der Waals surface area contributed by atoms with Crippen molar-refractivity contribution >= 4 is 11.8 Å². The molecule has 0 heterocycles. The molecule has 0 aromatic carbocycles. The van der Waals surface area contributed by atoms with Gasteiger partial charge in [0.25, 0.3) is 0 Å². The Balaban J connectivity index is 3.10. The van der Waals surface area contributed by atoms with Gasteiger partial charge in [0.2, 0.25) is 11.8 Å². The van der Waals surface area contributed by atoms with Crippen molar-refractivity contribution in [2.75, 3.05) is 52.7 Å². The van der Waals surface area contributed by atoms with Crippen LogP contribution in [0.4, 0.5) is 0 Å². The fourth-order valence-corrected chi connectivity index (χ4v) is 1.13. The Hall–Kier alpha value is -1.18. The minimum Gasteiger partial charge on any atom is -0.377 e. The number of ether oxygens (including phenoxy) is 3. The molecule has 0 aliphatic rings. The molecule has 0 aliphatic heterocycles. The molecule has 0 rings (SSSR count). The van der Waals surface area contributed by atoms with Crippen molar-refractivity contribution in [2.24, 2.45) is 0 Å². The zero-order valence-electron chi connectivity index (χ0n) is 11.7. The number of nitrogens with one attached hydrogen (secondary N) is 2. The molecular formula is C12H24N2O5.